The fourth-order valence-electron chi connectivity index (χ4n) is 2.42. The van der Waals surface area contributed by atoms with E-state index in [1.165, 1.54) is 12.1 Å². The molecule has 0 radical (unpaired) electrons. The Kier molecular flexibility index (Phi) is 3.70. The van der Waals surface area contributed by atoms with Crippen LogP contribution in [0.4, 0.5) is 15.9 Å². The van der Waals surface area contributed by atoms with E-state index in [0.29, 0.717) is 22.7 Å². The Morgan fingerprint density at radius 2 is 1.60 bits per heavy atom. The zero-order chi connectivity index (χ0) is 17.2. The monoisotopic (exact) mass is 332 g/mol. The molecule has 0 fully saturated rings. The molecule has 4 aromatic rings. The molecule has 0 aliphatic rings. The molecule has 0 bridgehead atoms. The maximum absolute atomic E-state index is 13.0. The van der Waals surface area contributed by atoms with E-state index in [4.69, 9.17) is 0 Å². The summed E-state index contributed by atoms with van der Waals surface area (Å²) in [5, 5.41) is 12.5. The molecule has 6 heteroatoms. The largest absolute Gasteiger partial charge is 0.508 e. The first kappa shape index (κ1) is 15.0. The smallest absolute Gasteiger partial charge is 0.180 e. The van der Waals surface area contributed by atoms with Crippen LogP contribution >= 0.6 is 0 Å². The third-order valence-corrected chi connectivity index (χ3v) is 3.69. The Balaban J connectivity index is 1.68. The quantitative estimate of drug-likeness (QED) is 0.586. The van der Waals surface area contributed by atoms with Crippen molar-refractivity contribution in [1.82, 2.24) is 15.0 Å². The van der Waals surface area contributed by atoms with E-state index in [1.54, 1.807) is 48.7 Å². The lowest BCUT2D eigenvalue weighted by molar-refractivity contribution is 0.475. The van der Waals surface area contributed by atoms with Crippen molar-refractivity contribution in [2.75, 3.05) is 5.32 Å². The highest BCUT2D eigenvalue weighted by Crippen LogP contribution is 2.22. The van der Waals surface area contributed by atoms with Crippen LogP contribution in [0.1, 0.15) is 0 Å². The number of nitrogens with zero attached hydrogens (tertiary/aromatic N) is 3. The Morgan fingerprint density at radius 3 is 2.36 bits per heavy atom. The van der Waals surface area contributed by atoms with Crippen LogP contribution in [-0.4, -0.2) is 20.1 Å². The maximum atomic E-state index is 13.0. The summed E-state index contributed by atoms with van der Waals surface area (Å²) in [6.07, 6.45) is 1.67. The van der Waals surface area contributed by atoms with Crippen LogP contribution in [0.2, 0.25) is 0 Å². The van der Waals surface area contributed by atoms with Crippen molar-refractivity contribution >= 4 is 22.7 Å². The number of halogens is 1. The van der Waals surface area contributed by atoms with Gasteiger partial charge in [0.1, 0.15) is 22.9 Å². The lowest BCUT2D eigenvalue weighted by Crippen LogP contribution is -1.97. The molecule has 2 aromatic carbocycles. The molecule has 2 aromatic heterocycles. The molecular formula is C19H13FN4O. The molecule has 25 heavy (non-hydrogen) atoms. The normalized spacial score (nSPS) is 10.8. The van der Waals surface area contributed by atoms with Crippen LogP contribution in [0.15, 0.2) is 66.9 Å². The second kappa shape index (κ2) is 6.16. The second-order valence-corrected chi connectivity index (χ2v) is 5.47. The molecule has 4 rings (SSSR count). The number of anilines is 2. The predicted molar refractivity (Wildman–Crippen MR) is 94.1 cm³/mol. The van der Waals surface area contributed by atoms with Gasteiger partial charge in [-0.25, -0.2) is 14.4 Å². The number of phenols is 1. The molecule has 0 saturated heterocycles. The third kappa shape index (κ3) is 3.23. The summed E-state index contributed by atoms with van der Waals surface area (Å²) in [5.41, 5.74) is 3.41. The van der Waals surface area contributed by atoms with E-state index in [0.717, 1.165) is 11.3 Å². The summed E-state index contributed by atoms with van der Waals surface area (Å²) >= 11 is 0. The van der Waals surface area contributed by atoms with Crippen LogP contribution < -0.4 is 5.32 Å². The van der Waals surface area contributed by atoms with Crippen molar-refractivity contribution in [3.05, 3.63) is 72.7 Å². The summed E-state index contributed by atoms with van der Waals surface area (Å²) in [5.74, 6) is 0.499. The fraction of sp³-hybridized carbons (Fsp3) is 0. The van der Waals surface area contributed by atoms with Crippen molar-refractivity contribution < 1.29 is 9.50 Å². The van der Waals surface area contributed by atoms with E-state index in [1.807, 2.05) is 6.07 Å². The number of nitrogens with one attached hydrogen (secondary N) is 1. The number of rotatable bonds is 3. The highest BCUT2D eigenvalue weighted by Gasteiger charge is 2.06. The Labute approximate surface area is 142 Å². The number of hydrogen-bond acceptors (Lipinski definition) is 5. The van der Waals surface area contributed by atoms with E-state index < -0.39 is 0 Å². The average molecular weight is 332 g/mol. The number of phenolic OH excluding ortho intramolecular Hbond substituents is 1. The minimum Gasteiger partial charge on any atom is -0.508 e. The van der Waals surface area contributed by atoms with Crippen LogP contribution in [0, 0.1) is 5.82 Å². The van der Waals surface area contributed by atoms with Gasteiger partial charge < -0.3 is 10.4 Å². The molecule has 0 aliphatic carbocycles. The van der Waals surface area contributed by atoms with Crippen LogP contribution in [-0.2, 0) is 0 Å². The van der Waals surface area contributed by atoms with Gasteiger partial charge in [-0.05, 0) is 60.7 Å². The molecule has 0 spiro atoms. The van der Waals surface area contributed by atoms with Gasteiger partial charge in [0.05, 0.1) is 11.9 Å². The van der Waals surface area contributed by atoms with E-state index in [9.17, 15) is 9.50 Å². The van der Waals surface area contributed by atoms with Gasteiger partial charge in [0.2, 0.25) is 0 Å². The van der Waals surface area contributed by atoms with Gasteiger partial charge in [-0.3, -0.25) is 4.98 Å². The van der Waals surface area contributed by atoms with Gasteiger partial charge in [-0.1, -0.05) is 0 Å². The molecule has 0 aliphatic heterocycles. The number of aromatic hydroxyl groups is 1. The lowest BCUT2D eigenvalue weighted by Gasteiger charge is -2.07. The van der Waals surface area contributed by atoms with Gasteiger partial charge >= 0.3 is 0 Å². The van der Waals surface area contributed by atoms with Crippen LogP contribution in [0.5, 0.6) is 5.75 Å². The molecule has 0 atom stereocenters. The molecule has 2 heterocycles. The summed E-state index contributed by atoms with van der Waals surface area (Å²) in [4.78, 5) is 13.4. The molecule has 122 valence electrons. The Hall–Kier alpha value is -3.54. The highest BCUT2D eigenvalue weighted by atomic mass is 19.1. The molecule has 0 amide bonds. The topological polar surface area (TPSA) is 70.9 Å². The summed E-state index contributed by atoms with van der Waals surface area (Å²) in [6, 6.07) is 16.4. The summed E-state index contributed by atoms with van der Waals surface area (Å²) in [6.45, 7) is 0. The van der Waals surface area contributed by atoms with Gasteiger partial charge in [0.25, 0.3) is 0 Å². The average Bonchev–Trinajstić information content (AvgIpc) is 2.64. The van der Waals surface area contributed by atoms with E-state index in [2.05, 4.69) is 20.3 Å². The van der Waals surface area contributed by atoms with Crippen molar-refractivity contribution in [2.45, 2.75) is 0 Å². The van der Waals surface area contributed by atoms with Gasteiger partial charge in [0.15, 0.2) is 5.65 Å². The first-order chi connectivity index (χ1) is 12.2. The minimum atomic E-state index is -0.290. The van der Waals surface area contributed by atoms with Gasteiger partial charge in [0, 0.05) is 11.3 Å². The molecule has 0 unspecified atom stereocenters. The number of benzene rings is 2. The second-order valence-electron chi connectivity index (χ2n) is 5.47. The number of hydrogen-bond donors (Lipinski definition) is 2. The van der Waals surface area contributed by atoms with Crippen LogP contribution in [0.25, 0.3) is 22.4 Å². The SMILES string of the molecule is Oc1ccc(-c2cnc3ccc(Nc4ccc(F)cc4)nc3n2)cc1. The standard InChI is InChI=1S/C19H13FN4O/c20-13-3-5-14(6-4-13)22-18-10-9-16-19(24-18)23-17(11-21-16)12-1-7-15(25)8-2-12/h1-11,25H,(H,22,23,24). The lowest BCUT2D eigenvalue weighted by atomic mass is 10.1. The van der Waals surface area contributed by atoms with Crippen LogP contribution in [0.3, 0.4) is 0 Å². The van der Waals surface area contributed by atoms with Crippen molar-refractivity contribution in [2.24, 2.45) is 0 Å². The van der Waals surface area contributed by atoms with Gasteiger partial charge in [-0.15, -0.1) is 0 Å². The first-order valence-corrected chi connectivity index (χ1v) is 7.63. The van der Waals surface area contributed by atoms with Crippen molar-refractivity contribution in [3.8, 4) is 17.0 Å². The van der Waals surface area contributed by atoms with E-state index >= 15 is 0 Å². The number of pyridine rings is 1. The number of fused-ring (bicyclic) bond motifs is 1. The molecule has 5 nitrogen and oxygen atoms in total. The highest BCUT2D eigenvalue weighted by molar-refractivity contribution is 5.76. The molecule has 2 N–H and O–H groups in total. The van der Waals surface area contributed by atoms with Crippen molar-refractivity contribution in [3.63, 3.8) is 0 Å². The maximum Gasteiger partial charge on any atom is 0.180 e. The van der Waals surface area contributed by atoms with Crippen molar-refractivity contribution in [1.29, 1.82) is 0 Å². The fourth-order valence-corrected chi connectivity index (χ4v) is 2.42. The Bertz CT molecular complexity index is 1030. The minimum absolute atomic E-state index is 0.196. The predicted octanol–water partition coefficient (Wildman–Crippen LogP) is 4.28. The molecular weight excluding hydrogens is 319 g/mol. The molecule has 0 saturated carbocycles. The summed E-state index contributed by atoms with van der Waals surface area (Å²) < 4.78 is 13.0. The number of aromatic nitrogens is 3. The zero-order valence-corrected chi connectivity index (χ0v) is 13.0. The zero-order valence-electron chi connectivity index (χ0n) is 13.0. The van der Waals surface area contributed by atoms with E-state index in [-0.39, 0.29) is 11.6 Å². The van der Waals surface area contributed by atoms with Gasteiger partial charge in [-0.2, -0.15) is 0 Å². The third-order valence-electron chi connectivity index (χ3n) is 3.69. The summed E-state index contributed by atoms with van der Waals surface area (Å²) in [7, 11) is 0. The first-order valence-electron chi connectivity index (χ1n) is 7.63. The Morgan fingerprint density at radius 1 is 0.840 bits per heavy atom.